The Morgan fingerprint density at radius 3 is 2.89 bits per heavy atom. The number of nitrogens with zero attached hydrogens (tertiary/aromatic N) is 1. The predicted octanol–water partition coefficient (Wildman–Crippen LogP) is 3.27. The Kier molecular flexibility index (Phi) is 4.81. The van der Waals surface area contributed by atoms with Crippen molar-refractivity contribution in [1.82, 2.24) is 0 Å². The Balaban J connectivity index is 1.57. The number of carbonyl (C=O) groups excluding carboxylic acids is 2. The van der Waals surface area contributed by atoms with Gasteiger partial charge in [0.15, 0.2) is 0 Å². The van der Waals surface area contributed by atoms with E-state index >= 15 is 0 Å². The van der Waals surface area contributed by atoms with Crippen molar-refractivity contribution in [3.63, 3.8) is 0 Å². The van der Waals surface area contributed by atoms with Crippen LogP contribution in [-0.4, -0.2) is 36.7 Å². The Bertz CT molecular complexity index is 773. The third-order valence-electron chi connectivity index (χ3n) is 6.03. The summed E-state index contributed by atoms with van der Waals surface area (Å²) in [6, 6.07) is 7.95. The molecular formula is C22H27NO4. The molecule has 3 aliphatic rings. The molecule has 5 nitrogen and oxygen atoms in total. The van der Waals surface area contributed by atoms with Gasteiger partial charge < -0.3 is 14.4 Å². The van der Waals surface area contributed by atoms with E-state index in [0.29, 0.717) is 13.2 Å². The Morgan fingerprint density at radius 1 is 1.30 bits per heavy atom. The summed E-state index contributed by atoms with van der Waals surface area (Å²) in [5, 5.41) is 0. The average molecular weight is 369 g/mol. The van der Waals surface area contributed by atoms with Crippen LogP contribution in [0.5, 0.6) is 0 Å². The van der Waals surface area contributed by atoms with Crippen molar-refractivity contribution < 1.29 is 19.1 Å². The van der Waals surface area contributed by atoms with Crippen LogP contribution >= 0.6 is 0 Å². The molecule has 1 aromatic carbocycles. The first-order valence-corrected chi connectivity index (χ1v) is 10.0. The largest absolute Gasteiger partial charge is 0.465 e. The van der Waals surface area contributed by atoms with Crippen LogP contribution in [0.4, 0.5) is 5.69 Å². The molecule has 3 aliphatic heterocycles. The first-order valence-electron chi connectivity index (χ1n) is 10.0. The molecule has 1 spiro atoms. The van der Waals surface area contributed by atoms with Gasteiger partial charge in [0, 0.05) is 5.69 Å². The van der Waals surface area contributed by atoms with Crippen LogP contribution in [0.1, 0.15) is 38.7 Å². The Morgan fingerprint density at radius 2 is 2.11 bits per heavy atom. The van der Waals surface area contributed by atoms with Gasteiger partial charge in [-0.1, -0.05) is 57.0 Å². The van der Waals surface area contributed by atoms with Crippen LogP contribution in [0, 0.1) is 11.8 Å². The third-order valence-corrected chi connectivity index (χ3v) is 6.03. The number of hydrogen-bond donors (Lipinski definition) is 0. The van der Waals surface area contributed by atoms with Crippen LogP contribution in [0.2, 0.25) is 0 Å². The second kappa shape index (κ2) is 7.12. The lowest BCUT2D eigenvalue weighted by Gasteiger charge is -2.23. The van der Waals surface area contributed by atoms with Gasteiger partial charge in [0.05, 0.1) is 25.2 Å². The molecular weight excluding hydrogens is 342 g/mol. The molecule has 144 valence electrons. The standard InChI is InChI=1S/C22H27NO4/c1-3-5-8-13-26-21(25)18-17-11-12-22(27-17)14-23(20(24)19(18)22)16-10-7-6-9-15(16)4-2/h6-7,9-12,17-19H,3-5,8,13-14H2,1-2H3/t17-,18+,19+,22+/m1/s1. The van der Waals surface area contributed by atoms with Gasteiger partial charge in [0.25, 0.3) is 0 Å². The highest BCUT2D eigenvalue weighted by Gasteiger charge is 2.67. The molecule has 4 atom stereocenters. The van der Waals surface area contributed by atoms with Crippen LogP contribution in [0.15, 0.2) is 36.4 Å². The number of unbranched alkanes of at least 4 members (excludes halogenated alkanes) is 2. The molecule has 0 N–H and O–H groups in total. The number of anilines is 1. The molecule has 4 rings (SSSR count). The molecule has 1 amide bonds. The number of ether oxygens (including phenoxy) is 2. The summed E-state index contributed by atoms with van der Waals surface area (Å²) in [7, 11) is 0. The number of carbonyl (C=O) groups is 2. The number of amides is 1. The highest BCUT2D eigenvalue weighted by molar-refractivity contribution is 6.03. The van der Waals surface area contributed by atoms with Crippen molar-refractivity contribution in [2.45, 2.75) is 51.2 Å². The molecule has 27 heavy (non-hydrogen) atoms. The maximum absolute atomic E-state index is 13.3. The van der Waals surface area contributed by atoms with Gasteiger partial charge >= 0.3 is 5.97 Å². The minimum Gasteiger partial charge on any atom is -0.465 e. The molecule has 1 aromatic rings. The molecule has 2 fully saturated rings. The van der Waals surface area contributed by atoms with Gasteiger partial charge in [-0.25, -0.2) is 0 Å². The van der Waals surface area contributed by atoms with Gasteiger partial charge in [0.2, 0.25) is 5.91 Å². The average Bonchev–Trinajstić information content (AvgIpc) is 3.33. The van der Waals surface area contributed by atoms with Gasteiger partial charge in [0.1, 0.15) is 11.5 Å². The number of aryl methyl sites for hydroxylation is 1. The van der Waals surface area contributed by atoms with E-state index in [1.165, 1.54) is 0 Å². The number of fused-ring (bicyclic) bond motifs is 1. The summed E-state index contributed by atoms with van der Waals surface area (Å²) in [6.45, 7) is 5.06. The smallest absolute Gasteiger partial charge is 0.312 e. The molecule has 0 unspecified atom stereocenters. The summed E-state index contributed by atoms with van der Waals surface area (Å²) in [6.07, 6.45) is 7.38. The molecule has 5 heteroatoms. The summed E-state index contributed by atoms with van der Waals surface area (Å²) in [4.78, 5) is 27.9. The Hall–Kier alpha value is -2.14. The fourth-order valence-corrected chi connectivity index (χ4v) is 4.67. The lowest BCUT2D eigenvalue weighted by Crippen LogP contribution is -2.40. The van der Waals surface area contributed by atoms with Crippen molar-refractivity contribution in [2.75, 3.05) is 18.1 Å². The maximum Gasteiger partial charge on any atom is 0.312 e. The van der Waals surface area contributed by atoms with E-state index in [9.17, 15) is 9.59 Å². The molecule has 3 heterocycles. The number of benzene rings is 1. The molecule has 0 radical (unpaired) electrons. The highest BCUT2D eigenvalue weighted by atomic mass is 16.6. The van der Waals surface area contributed by atoms with Gasteiger partial charge in [-0.15, -0.1) is 0 Å². The van der Waals surface area contributed by atoms with Crippen molar-refractivity contribution in [3.05, 3.63) is 42.0 Å². The van der Waals surface area contributed by atoms with E-state index in [2.05, 4.69) is 13.8 Å². The normalized spacial score (nSPS) is 30.8. The maximum atomic E-state index is 13.3. The summed E-state index contributed by atoms with van der Waals surface area (Å²) >= 11 is 0. The van der Waals surface area contributed by atoms with Crippen LogP contribution in [0.3, 0.4) is 0 Å². The number of hydrogen-bond acceptors (Lipinski definition) is 4. The van der Waals surface area contributed by atoms with E-state index < -0.39 is 17.4 Å². The number of para-hydroxylation sites is 1. The number of esters is 1. The second-order valence-corrected chi connectivity index (χ2v) is 7.68. The second-order valence-electron chi connectivity index (χ2n) is 7.68. The zero-order valence-electron chi connectivity index (χ0n) is 16.0. The van der Waals surface area contributed by atoms with E-state index in [1.807, 2.05) is 36.4 Å². The van der Waals surface area contributed by atoms with E-state index in [1.54, 1.807) is 4.90 Å². The SMILES string of the molecule is CCCCCOC(=O)[C@@H]1[C@H]2C(=O)N(c3ccccc3CC)C[C@@]23C=C[C@H]1O3. The lowest BCUT2D eigenvalue weighted by molar-refractivity contribution is -0.152. The fourth-order valence-electron chi connectivity index (χ4n) is 4.67. The fraction of sp³-hybridized carbons (Fsp3) is 0.545. The predicted molar refractivity (Wildman–Crippen MR) is 102 cm³/mol. The quantitative estimate of drug-likeness (QED) is 0.420. The minimum absolute atomic E-state index is 0.0294. The van der Waals surface area contributed by atoms with Crippen molar-refractivity contribution in [1.29, 1.82) is 0 Å². The van der Waals surface area contributed by atoms with Crippen molar-refractivity contribution in [3.8, 4) is 0 Å². The van der Waals surface area contributed by atoms with Crippen LogP contribution < -0.4 is 4.90 Å². The van der Waals surface area contributed by atoms with Gasteiger partial charge in [-0.3, -0.25) is 9.59 Å². The van der Waals surface area contributed by atoms with Gasteiger partial charge in [-0.2, -0.15) is 0 Å². The van der Waals surface area contributed by atoms with Crippen molar-refractivity contribution >= 4 is 17.6 Å². The van der Waals surface area contributed by atoms with Gasteiger partial charge in [-0.05, 0) is 24.5 Å². The number of rotatable bonds is 7. The first kappa shape index (κ1) is 18.2. The summed E-state index contributed by atoms with van der Waals surface area (Å²) in [5.74, 6) is -1.36. The Labute approximate surface area is 160 Å². The highest BCUT2D eigenvalue weighted by Crippen LogP contribution is 2.53. The minimum atomic E-state index is -0.699. The topological polar surface area (TPSA) is 55.8 Å². The zero-order chi connectivity index (χ0) is 19.0. The molecule has 0 aromatic heterocycles. The molecule has 2 bridgehead atoms. The first-order chi connectivity index (χ1) is 13.1. The summed E-state index contributed by atoms with van der Waals surface area (Å²) < 4.78 is 11.7. The van der Waals surface area contributed by atoms with E-state index in [-0.39, 0.29) is 18.0 Å². The third kappa shape index (κ3) is 2.89. The lowest BCUT2D eigenvalue weighted by atomic mass is 9.77. The monoisotopic (exact) mass is 369 g/mol. The molecule has 2 saturated heterocycles. The van der Waals surface area contributed by atoms with Crippen molar-refractivity contribution in [2.24, 2.45) is 11.8 Å². The van der Waals surface area contributed by atoms with Crippen LogP contribution in [0.25, 0.3) is 0 Å². The van der Waals surface area contributed by atoms with E-state index in [4.69, 9.17) is 9.47 Å². The zero-order valence-corrected chi connectivity index (χ0v) is 16.0. The summed E-state index contributed by atoms with van der Waals surface area (Å²) in [5.41, 5.74) is 1.35. The van der Waals surface area contributed by atoms with E-state index in [0.717, 1.165) is 36.9 Å². The van der Waals surface area contributed by atoms with Crippen LogP contribution in [-0.2, 0) is 25.5 Å². The molecule has 0 aliphatic carbocycles. The molecule has 0 saturated carbocycles.